The summed E-state index contributed by atoms with van der Waals surface area (Å²) in [5, 5.41) is 0. The van der Waals surface area contributed by atoms with E-state index in [9.17, 15) is 0 Å². The molecule has 0 aliphatic rings. The lowest BCUT2D eigenvalue weighted by Gasteiger charge is -2.02. The van der Waals surface area contributed by atoms with Gasteiger partial charge in [-0.15, -0.1) is 0 Å². The largest absolute Gasteiger partial charge is 0.475 e. The number of rotatable bonds is 4. The van der Waals surface area contributed by atoms with Crippen LogP contribution in [0.25, 0.3) is 0 Å². The molecule has 0 radical (unpaired) electrons. The van der Waals surface area contributed by atoms with Crippen molar-refractivity contribution in [1.82, 2.24) is 4.57 Å². The molecule has 4 heteroatoms. The van der Waals surface area contributed by atoms with Crippen LogP contribution in [0.2, 0.25) is 0 Å². The third-order valence-corrected chi connectivity index (χ3v) is 2.33. The van der Waals surface area contributed by atoms with E-state index in [-0.39, 0.29) is 0 Å². The average molecular weight is 210 g/mol. The van der Waals surface area contributed by atoms with Gasteiger partial charge in [0.25, 0.3) is 0 Å². The molecule has 1 rings (SSSR count). The fraction of sp³-hybridized carbons (Fsp3) is 0.636. The van der Waals surface area contributed by atoms with E-state index < -0.39 is 0 Å². The van der Waals surface area contributed by atoms with Crippen LogP contribution in [0.4, 0.5) is 0 Å². The standard InChI is InChI=1S/C11H20N3O/c1-5-6-7-12-10(15-4)11-13(2)8-9-14(11)3/h8-9H,5-7H2,1-4H3/q+1/b12-10-. The molecule has 0 amide bonds. The quantitative estimate of drug-likeness (QED) is 0.316. The van der Waals surface area contributed by atoms with Crippen LogP contribution in [0.3, 0.4) is 0 Å². The molecular weight excluding hydrogens is 190 g/mol. The number of unbranched alkanes of at least 4 members (excludes halogenated alkanes) is 1. The van der Waals surface area contributed by atoms with Gasteiger partial charge in [0, 0.05) is 6.54 Å². The van der Waals surface area contributed by atoms with E-state index in [0.29, 0.717) is 5.90 Å². The molecule has 0 aliphatic heterocycles. The molecule has 4 nitrogen and oxygen atoms in total. The van der Waals surface area contributed by atoms with Crippen molar-refractivity contribution in [2.24, 2.45) is 19.1 Å². The van der Waals surface area contributed by atoms with Gasteiger partial charge in [0.15, 0.2) is 0 Å². The number of aliphatic imine (C=N–C) groups is 1. The van der Waals surface area contributed by atoms with Crippen LogP contribution in [-0.4, -0.2) is 24.1 Å². The first-order chi connectivity index (χ1) is 7.20. The lowest BCUT2D eigenvalue weighted by atomic mass is 10.3. The van der Waals surface area contributed by atoms with Gasteiger partial charge in [0.05, 0.1) is 21.2 Å². The van der Waals surface area contributed by atoms with Gasteiger partial charge in [-0.3, -0.25) is 0 Å². The van der Waals surface area contributed by atoms with Gasteiger partial charge in [-0.1, -0.05) is 13.3 Å². The zero-order chi connectivity index (χ0) is 11.3. The third kappa shape index (κ3) is 2.81. The Morgan fingerprint density at radius 1 is 1.60 bits per heavy atom. The van der Waals surface area contributed by atoms with Crippen LogP contribution in [0.5, 0.6) is 0 Å². The van der Waals surface area contributed by atoms with Crippen LogP contribution in [0.1, 0.15) is 25.6 Å². The van der Waals surface area contributed by atoms with Crippen molar-refractivity contribution >= 4 is 5.90 Å². The molecule has 0 unspecified atom stereocenters. The molecule has 1 heterocycles. The van der Waals surface area contributed by atoms with Gasteiger partial charge < -0.3 is 4.74 Å². The molecule has 0 saturated carbocycles. The van der Waals surface area contributed by atoms with Gasteiger partial charge in [-0.05, 0) is 6.42 Å². The molecule has 15 heavy (non-hydrogen) atoms. The first-order valence-electron chi connectivity index (χ1n) is 5.30. The molecule has 0 atom stereocenters. The molecule has 0 spiro atoms. The van der Waals surface area contributed by atoms with Gasteiger partial charge in [-0.2, -0.15) is 0 Å². The summed E-state index contributed by atoms with van der Waals surface area (Å²) >= 11 is 0. The Hall–Kier alpha value is -1.32. The number of hydrogen-bond acceptors (Lipinski definition) is 2. The Kier molecular flexibility index (Phi) is 4.34. The molecular formula is C11H20N3O+. The predicted molar refractivity (Wildman–Crippen MR) is 59.9 cm³/mol. The van der Waals surface area contributed by atoms with Gasteiger partial charge in [0.1, 0.15) is 12.4 Å². The van der Waals surface area contributed by atoms with Crippen molar-refractivity contribution in [3.05, 3.63) is 18.2 Å². The highest BCUT2D eigenvalue weighted by Gasteiger charge is 2.19. The SMILES string of the molecule is CCCC/N=C(\OC)c1n(C)cc[n+]1C. The maximum absolute atomic E-state index is 5.31. The van der Waals surface area contributed by atoms with E-state index in [2.05, 4.69) is 11.9 Å². The summed E-state index contributed by atoms with van der Waals surface area (Å²) in [5.74, 6) is 1.70. The minimum absolute atomic E-state index is 0.707. The summed E-state index contributed by atoms with van der Waals surface area (Å²) in [5.41, 5.74) is 0. The smallest absolute Gasteiger partial charge is 0.344 e. The highest BCUT2D eigenvalue weighted by molar-refractivity contribution is 5.89. The molecule has 0 fully saturated rings. The van der Waals surface area contributed by atoms with Crippen LogP contribution >= 0.6 is 0 Å². The van der Waals surface area contributed by atoms with Crippen LogP contribution in [0, 0.1) is 0 Å². The second-order valence-corrected chi connectivity index (χ2v) is 3.59. The van der Waals surface area contributed by atoms with Crippen molar-refractivity contribution < 1.29 is 9.30 Å². The van der Waals surface area contributed by atoms with Crippen molar-refractivity contribution in [1.29, 1.82) is 0 Å². The van der Waals surface area contributed by atoms with Gasteiger partial charge >= 0.3 is 11.7 Å². The van der Waals surface area contributed by atoms with Crippen molar-refractivity contribution in [3.8, 4) is 0 Å². The van der Waals surface area contributed by atoms with E-state index in [1.54, 1.807) is 7.11 Å². The first-order valence-corrected chi connectivity index (χ1v) is 5.30. The fourth-order valence-electron chi connectivity index (χ4n) is 1.46. The topological polar surface area (TPSA) is 30.4 Å². The summed E-state index contributed by atoms with van der Waals surface area (Å²) < 4.78 is 9.33. The Labute approximate surface area is 91.2 Å². The summed E-state index contributed by atoms with van der Waals surface area (Å²) in [6, 6.07) is 0. The van der Waals surface area contributed by atoms with Crippen LogP contribution in [0.15, 0.2) is 17.4 Å². The molecule has 0 saturated heterocycles. The zero-order valence-corrected chi connectivity index (χ0v) is 10.0. The van der Waals surface area contributed by atoms with E-state index in [0.717, 1.165) is 25.2 Å². The normalized spacial score (nSPS) is 11.9. The number of aromatic nitrogens is 2. The van der Waals surface area contributed by atoms with E-state index in [4.69, 9.17) is 4.74 Å². The van der Waals surface area contributed by atoms with Crippen molar-refractivity contribution in [2.45, 2.75) is 19.8 Å². The number of hydrogen-bond donors (Lipinski definition) is 0. The number of methoxy groups -OCH3 is 1. The zero-order valence-electron chi connectivity index (χ0n) is 10.0. The first kappa shape index (κ1) is 11.8. The summed E-state index contributed by atoms with van der Waals surface area (Å²) in [6.07, 6.45) is 6.23. The molecule has 0 aliphatic carbocycles. The predicted octanol–water partition coefficient (Wildman–Crippen LogP) is 1.04. The molecule has 0 N–H and O–H groups in total. The molecule has 1 aromatic rings. The monoisotopic (exact) mass is 210 g/mol. The molecule has 0 bridgehead atoms. The second kappa shape index (κ2) is 5.53. The summed E-state index contributed by atoms with van der Waals surface area (Å²) in [4.78, 5) is 4.45. The van der Waals surface area contributed by atoms with Crippen LogP contribution in [-0.2, 0) is 18.8 Å². The fourth-order valence-corrected chi connectivity index (χ4v) is 1.46. The Bertz CT molecular complexity index is 322. The third-order valence-electron chi connectivity index (χ3n) is 2.33. The number of ether oxygens (including phenoxy) is 1. The summed E-state index contributed by atoms with van der Waals surface area (Å²) in [6.45, 7) is 2.98. The average Bonchev–Trinajstić information content (AvgIpc) is 2.55. The van der Waals surface area contributed by atoms with E-state index in [1.165, 1.54) is 0 Å². The van der Waals surface area contributed by atoms with Gasteiger partial charge in [0.2, 0.25) is 0 Å². The minimum atomic E-state index is 0.707. The summed E-state index contributed by atoms with van der Waals surface area (Å²) in [7, 11) is 5.64. The molecule has 1 aromatic heterocycles. The lowest BCUT2D eigenvalue weighted by molar-refractivity contribution is -0.672. The Morgan fingerprint density at radius 2 is 2.33 bits per heavy atom. The molecule has 0 aromatic carbocycles. The van der Waals surface area contributed by atoms with Crippen molar-refractivity contribution in [2.75, 3.05) is 13.7 Å². The highest BCUT2D eigenvalue weighted by Crippen LogP contribution is 1.98. The highest BCUT2D eigenvalue weighted by atomic mass is 16.5. The Balaban J connectivity index is 2.87. The van der Waals surface area contributed by atoms with E-state index >= 15 is 0 Å². The maximum Gasteiger partial charge on any atom is 0.344 e. The maximum atomic E-state index is 5.31. The number of nitrogens with zero attached hydrogens (tertiary/aromatic N) is 3. The lowest BCUT2D eigenvalue weighted by Crippen LogP contribution is -2.35. The van der Waals surface area contributed by atoms with Gasteiger partial charge in [-0.25, -0.2) is 14.1 Å². The minimum Gasteiger partial charge on any atom is -0.475 e. The molecule has 84 valence electrons. The number of imidazole rings is 1. The second-order valence-electron chi connectivity index (χ2n) is 3.59. The van der Waals surface area contributed by atoms with Crippen molar-refractivity contribution in [3.63, 3.8) is 0 Å². The number of aryl methyl sites for hydroxylation is 2. The van der Waals surface area contributed by atoms with E-state index in [1.807, 2.05) is 35.6 Å². The Morgan fingerprint density at radius 3 is 2.80 bits per heavy atom. The van der Waals surface area contributed by atoms with Crippen LogP contribution < -0.4 is 4.57 Å².